The second kappa shape index (κ2) is 7.68. The molecule has 0 aliphatic carbocycles. The van der Waals surface area contributed by atoms with E-state index in [0.717, 1.165) is 11.3 Å². The van der Waals surface area contributed by atoms with Crippen molar-refractivity contribution in [2.45, 2.75) is 5.92 Å². The minimum absolute atomic E-state index is 0.0820. The zero-order chi connectivity index (χ0) is 18.6. The van der Waals surface area contributed by atoms with Crippen molar-refractivity contribution in [2.75, 3.05) is 13.3 Å². The van der Waals surface area contributed by atoms with Gasteiger partial charge in [-0.25, -0.2) is 0 Å². The lowest BCUT2D eigenvalue weighted by Gasteiger charge is -2.18. The molecule has 2 aromatic carbocycles. The summed E-state index contributed by atoms with van der Waals surface area (Å²) >= 11 is 6.01. The predicted molar refractivity (Wildman–Crippen MR) is 102 cm³/mol. The molecule has 5 nitrogen and oxygen atoms in total. The van der Waals surface area contributed by atoms with Crippen LogP contribution in [0.15, 0.2) is 66.9 Å². The van der Waals surface area contributed by atoms with E-state index in [1.807, 2.05) is 42.5 Å². The van der Waals surface area contributed by atoms with E-state index >= 15 is 0 Å². The van der Waals surface area contributed by atoms with Crippen LogP contribution >= 0.6 is 11.6 Å². The summed E-state index contributed by atoms with van der Waals surface area (Å²) in [5, 5.41) is 3.66. The van der Waals surface area contributed by atoms with Gasteiger partial charge in [-0.05, 0) is 48.0 Å². The molecule has 0 saturated heterocycles. The number of nitrogens with zero attached hydrogens (tertiary/aromatic N) is 1. The third-order valence-electron chi connectivity index (χ3n) is 4.42. The zero-order valence-electron chi connectivity index (χ0n) is 14.4. The quantitative estimate of drug-likeness (QED) is 0.726. The summed E-state index contributed by atoms with van der Waals surface area (Å²) in [4.78, 5) is 17.1. The molecular weight excluding hydrogens is 364 g/mol. The summed E-state index contributed by atoms with van der Waals surface area (Å²) in [5.74, 6) is 0.977. The number of carbonyl (C=O) groups is 1. The third kappa shape index (κ3) is 3.88. The van der Waals surface area contributed by atoms with Crippen molar-refractivity contribution in [3.8, 4) is 11.5 Å². The first kappa shape index (κ1) is 17.4. The van der Waals surface area contributed by atoms with Crippen LogP contribution in [0.5, 0.6) is 11.5 Å². The molecule has 4 rings (SSSR count). The zero-order valence-corrected chi connectivity index (χ0v) is 15.1. The van der Waals surface area contributed by atoms with Gasteiger partial charge in [0, 0.05) is 34.9 Å². The van der Waals surface area contributed by atoms with Crippen LogP contribution in [0.4, 0.5) is 0 Å². The van der Waals surface area contributed by atoms with Gasteiger partial charge in [-0.1, -0.05) is 29.8 Å². The fraction of sp³-hybridized carbons (Fsp3) is 0.143. The number of benzene rings is 2. The van der Waals surface area contributed by atoms with Crippen LogP contribution in [0, 0.1) is 0 Å². The molecule has 6 heteroatoms. The number of fused-ring (bicyclic) bond motifs is 1. The number of hydrogen-bond acceptors (Lipinski definition) is 4. The first-order chi connectivity index (χ1) is 13.2. The molecule has 0 fully saturated rings. The fourth-order valence-corrected chi connectivity index (χ4v) is 3.13. The molecule has 1 unspecified atom stereocenters. The molecule has 0 bridgehead atoms. The molecule has 1 aliphatic rings. The van der Waals surface area contributed by atoms with Crippen LogP contribution in [0.2, 0.25) is 5.02 Å². The minimum atomic E-state index is -0.178. The number of hydrogen-bond donors (Lipinski definition) is 1. The molecule has 1 aliphatic heterocycles. The maximum Gasteiger partial charge on any atom is 0.251 e. The fourth-order valence-electron chi connectivity index (χ4n) is 3.00. The molecular formula is C21H17ClN2O3. The van der Waals surface area contributed by atoms with Gasteiger partial charge < -0.3 is 14.8 Å². The largest absolute Gasteiger partial charge is 0.454 e. The van der Waals surface area contributed by atoms with Gasteiger partial charge in [0.05, 0.1) is 0 Å². The molecule has 0 saturated carbocycles. The van der Waals surface area contributed by atoms with Gasteiger partial charge in [0.2, 0.25) is 6.79 Å². The normalized spacial score (nSPS) is 13.2. The van der Waals surface area contributed by atoms with Gasteiger partial charge in [-0.15, -0.1) is 0 Å². The van der Waals surface area contributed by atoms with Crippen molar-refractivity contribution in [1.82, 2.24) is 10.3 Å². The van der Waals surface area contributed by atoms with Gasteiger partial charge in [0.25, 0.3) is 5.91 Å². The number of pyridine rings is 1. The summed E-state index contributed by atoms with van der Waals surface area (Å²) in [7, 11) is 0. The molecule has 1 atom stereocenters. The first-order valence-corrected chi connectivity index (χ1v) is 8.93. The van der Waals surface area contributed by atoms with E-state index < -0.39 is 0 Å². The van der Waals surface area contributed by atoms with Crippen LogP contribution in [-0.2, 0) is 0 Å². The Bertz CT molecular complexity index is 945. The SMILES string of the molecule is O=C(NCC(c1ccc(Cl)cc1)c1ccccn1)c1ccc2c(c1)OCO2. The summed E-state index contributed by atoms with van der Waals surface area (Å²) in [6, 6.07) is 18.5. The number of aromatic nitrogens is 1. The molecule has 27 heavy (non-hydrogen) atoms. The lowest BCUT2D eigenvalue weighted by atomic mass is 9.95. The Hall–Kier alpha value is -3.05. The Kier molecular flexibility index (Phi) is 4.94. The van der Waals surface area contributed by atoms with Gasteiger partial charge in [-0.2, -0.15) is 0 Å². The molecule has 0 radical (unpaired) electrons. The number of amides is 1. The van der Waals surface area contributed by atoms with E-state index in [1.165, 1.54) is 0 Å². The average Bonchev–Trinajstić information content (AvgIpc) is 3.18. The van der Waals surface area contributed by atoms with Crippen molar-refractivity contribution < 1.29 is 14.3 Å². The van der Waals surface area contributed by atoms with E-state index in [-0.39, 0.29) is 18.6 Å². The number of nitrogens with one attached hydrogen (secondary N) is 1. The Morgan fingerprint density at radius 1 is 1.07 bits per heavy atom. The van der Waals surface area contributed by atoms with Crippen molar-refractivity contribution in [3.05, 3.63) is 88.7 Å². The first-order valence-electron chi connectivity index (χ1n) is 8.55. The number of ether oxygens (including phenoxy) is 2. The Labute approximate surface area is 161 Å². The molecule has 1 amide bonds. The van der Waals surface area contributed by atoms with Crippen LogP contribution in [0.25, 0.3) is 0 Å². The Morgan fingerprint density at radius 2 is 1.89 bits per heavy atom. The van der Waals surface area contributed by atoms with E-state index in [2.05, 4.69) is 10.3 Å². The van der Waals surface area contributed by atoms with Crippen molar-refractivity contribution in [3.63, 3.8) is 0 Å². The van der Waals surface area contributed by atoms with Crippen LogP contribution in [-0.4, -0.2) is 24.2 Å². The van der Waals surface area contributed by atoms with E-state index in [1.54, 1.807) is 24.4 Å². The molecule has 136 valence electrons. The third-order valence-corrected chi connectivity index (χ3v) is 4.67. The van der Waals surface area contributed by atoms with Gasteiger partial charge in [-0.3, -0.25) is 9.78 Å². The number of carbonyl (C=O) groups excluding carboxylic acids is 1. The monoisotopic (exact) mass is 380 g/mol. The standard InChI is InChI=1S/C21H17ClN2O3/c22-16-7-4-14(5-8-16)17(18-3-1-2-10-23-18)12-24-21(25)15-6-9-19-20(11-15)27-13-26-19/h1-11,17H,12-13H2,(H,24,25). The Balaban J connectivity index is 1.53. The van der Waals surface area contributed by atoms with E-state index in [0.29, 0.717) is 28.6 Å². The smallest absolute Gasteiger partial charge is 0.251 e. The highest BCUT2D eigenvalue weighted by Gasteiger charge is 2.19. The molecule has 0 spiro atoms. The van der Waals surface area contributed by atoms with Gasteiger partial charge >= 0.3 is 0 Å². The lowest BCUT2D eigenvalue weighted by molar-refractivity contribution is 0.0952. The number of rotatable bonds is 5. The van der Waals surface area contributed by atoms with E-state index in [4.69, 9.17) is 21.1 Å². The average molecular weight is 381 g/mol. The molecule has 1 aromatic heterocycles. The predicted octanol–water partition coefficient (Wildman–Crippen LogP) is 4.03. The molecule has 1 N–H and O–H groups in total. The highest BCUT2D eigenvalue weighted by molar-refractivity contribution is 6.30. The summed E-state index contributed by atoms with van der Waals surface area (Å²) in [6.45, 7) is 0.588. The summed E-state index contributed by atoms with van der Waals surface area (Å²) in [6.07, 6.45) is 1.75. The van der Waals surface area contributed by atoms with Crippen LogP contribution < -0.4 is 14.8 Å². The minimum Gasteiger partial charge on any atom is -0.454 e. The summed E-state index contributed by atoms with van der Waals surface area (Å²) < 4.78 is 10.6. The van der Waals surface area contributed by atoms with Crippen LogP contribution in [0.1, 0.15) is 27.5 Å². The second-order valence-corrected chi connectivity index (χ2v) is 6.57. The number of halogens is 1. The lowest BCUT2D eigenvalue weighted by Crippen LogP contribution is -2.29. The van der Waals surface area contributed by atoms with E-state index in [9.17, 15) is 4.79 Å². The molecule has 2 heterocycles. The highest BCUT2D eigenvalue weighted by atomic mass is 35.5. The molecule has 3 aromatic rings. The van der Waals surface area contributed by atoms with Gasteiger partial charge in [0.15, 0.2) is 11.5 Å². The Morgan fingerprint density at radius 3 is 2.67 bits per heavy atom. The second-order valence-electron chi connectivity index (χ2n) is 6.14. The maximum atomic E-state index is 12.6. The highest BCUT2D eigenvalue weighted by Crippen LogP contribution is 2.32. The van der Waals surface area contributed by atoms with Crippen LogP contribution in [0.3, 0.4) is 0 Å². The summed E-state index contributed by atoms with van der Waals surface area (Å²) in [5.41, 5.74) is 2.44. The van der Waals surface area contributed by atoms with Gasteiger partial charge in [0.1, 0.15) is 0 Å². The van der Waals surface area contributed by atoms with Crippen molar-refractivity contribution in [1.29, 1.82) is 0 Å². The topological polar surface area (TPSA) is 60.5 Å². The van der Waals surface area contributed by atoms with Crippen molar-refractivity contribution >= 4 is 17.5 Å². The maximum absolute atomic E-state index is 12.6. The van der Waals surface area contributed by atoms with Crippen molar-refractivity contribution in [2.24, 2.45) is 0 Å².